The van der Waals surface area contributed by atoms with E-state index in [-0.39, 0.29) is 18.1 Å². The number of carbonyl (C=O) groups is 1. The highest BCUT2D eigenvalue weighted by Crippen LogP contribution is 2.14. The van der Waals surface area contributed by atoms with Gasteiger partial charge in [0.05, 0.1) is 0 Å². The van der Waals surface area contributed by atoms with Gasteiger partial charge in [-0.2, -0.15) is 0 Å². The Kier molecular flexibility index (Phi) is 4.84. The molecule has 1 fully saturated rings. The molecule has 2 rings (SSSR count). The van der Waals surface area contributed by atoms with Gasteiger partial charge in [0, 0.05) is 0 Å². The Morgan fingerprint density at radius 3 is 2.68 bits per heavy atom. The predicted octanol–water partition coefficient (Wildman–Crippen LogP) is -0.269. The lowest BCUT2D eigenvalue weighted by molar-refractivity contribution is -0.907. The van der Waals surface area contributed by atoms with Gasteiger partial charge >= 0.3 is 0 Å². The Balaban J connectivity index is 1.83. The second-order valence-corrected chi connectivity index (χ2v) is 6.06. The van der Waals surface area contributed by atoms with Gasteiger partial charge in [0.25, 0.3) is 5.91 Å². The van der Waals surface area contributed by atoms with E-state index in [1.165, 1.54) is 16.2 Å². The first-order valence-corrected chi connectivity index (χ1v) is 7.49. The van der Waals surface area contributed by atoms with Crippen LogP contribution in [0.25, 0.3) is 0 Å². The quantitative estimate of drug-likeness (QED) is 0.799. The van der Waals surface area contributed by atoms with E-state index in [0.717, 1.165) is 24.5 Å². The molecule has 2 N–H and O–H groups in total. The molecule has 1 saturated heterocycles. The normalized spacial score (nSPS) is 27.2. The van der Waals surface area contributed by atoms with E-state index < -0.39 is 0 Å². The fourth-order valence-electron chi connectivity index (χ4n) is 2.37. The fraction of sp³-hybridized carbons (Fsp3) is 0.750. The maximum Gasteiger partial charge on any atom is 0.281 e. The average Bonchev–Trinajstić information content (AvgIpc) is 2.74. The first-order chi connectivity index (χ1) is 9.06. The van der Waals surface area contributed by atoms with E-state index >= 15 is 0 Å². The number of nitrogens with one attached hydrogen (secondary N) is 2. The van der Waals surface area contributed by atoms with Crippen LogP contribution in [0.1, 0.15) is 25.8 Å². The lowest BCUT2D eigenvalue weighted by Crippen LogP contribution is -3.16. The van der Waals surface area contributed by atoms with Crippen LogP contribution in [-0.2, 0) is 16.0 Å². The van der Waals surface area contributed by atoms with Gasteiger partial charge in [-0.05, 0) is 20.3 Å². The molecule has 1 unspecified atom stereocenters. The number of ether oxygens (including phenoxy) is 1. The van der Waals surface area contributed by atoms with Gasteiger partial charge < -0.3 is 9.64 Å². The molecule has 1 aromatic rings. The number of anilines is 1. The SMILES string of the molecule is CCc1nnc(NC(=O)C[NH+]2C[C@@H](C)O[C@@H](C)C2)s1. The molecule has 0 radical (unpaired) electrons. The van der Waals surface area contributed by atoms with Crippen LogP contribution < -0.4 is 10.2 Å². The molecular weight excluding hydrogens is 264 g/mol. The molecule has 0 bridgehead atoms. The Morgan fingerprint density at radius 1 is 1.42 bits per heavy atom. The Morgan fingerprint density at radius 2 is 2.11 bits per heavy atom. The minimum absolute atomic E-state index is 0.00453. The zero-order valence-electron chi connectivity index (χ0n) is 11.6. The molecule has 1 aliphatic rings. The summed E-state index contributed by atoms with van der Waals surface area (Å²) in [4.78, 5) is 13.2. The topological polar surface area (TPSA) is 68.5 Å². The molecule has 1 aromatic heterocycles. The minimum atomic E-state index is -0.00453. The van der Waals surface area contributed by atoms with Crippen LogP contribution in [0.4, 0.5) is 5.13 Å². The molecule has 0 spiro atoms. The molecular formula is C12H21N4O2S+. The third-order valence-electron chi connectivity index (χ3n) is 3.04. The van der Waals surface area contributed by atoms with Crippen molar-refractivity contribution in [2.75, 3.05) is 25.0 Å². The molecule has 0 aromatic carbocycles. The number of quaternary nitrogens is 1. The van der Waals surface area contributed by atoms with Crippen molar-refractivity contribution in [2.45, 2.75) is 39.4 Å². The largest absolute Gasteiger partial charge is 0.364 e. The van der Waals surface area contributed by atoms with Crippen LogP contribution in [0.2, 0.25) is 0 Å². The summed E-state index contributed by atoms with van der Waals surface area (Å²) in [6, 6.07) is 0. The number of aromatic nitrogens is 2. The maximum absolute atomic E-state index is 12.0. The van der Waals surface area contributed by atoms with Crippen molar-refractivity contribution in [1.82, 2.24) is 10.2 Å². The number of aryl methyl sites for hydroxylation is 1. The summed E-state index contributed by atoms with van der Waals surface area (Å²) < 4.78 is 5.66. The van der Waals surface area contributed by atoms with Crippen LogP contribution in [0.3, 0.4) is 0 Å². The highest BCUT2D eigenvalue weighted by molar-refractivity contribution is 7.15. The fourth-order valence-corrected chi connectivity index (χ4v) is 3.07. The lowest BCUT2D eigenvalue weighted by Gasteiger charge is -2.31. The van der Waals surface area contributed by atoms with Gasteiger partial charge in [-0.15, -0.1) is 10.2 Å². The summed E-state index contributed by atoms with van der Waals surface area (Å²) in [5.41, 5.74) is 0. The van der Waals surface area contributed by atoms with Crippen molar-refractivity contribution < 1.29 is 14.4 Å². The number of morpholine rings is 1. The summed E-state index contributed by atoms with van der Waals surface area (Å²) >= 11 is 1.44. The van der Waals surface area contributed by atoms with Gasteiger partial charge in [0.2, 0.25) is 5.13 Å². The standard InChI is InChI=1S/C12H20N4O2S/c1-4-11-14-15-12(19-11)13-10(17)7-16-5-8(2)18-9(3)6-16/h8-9H,4-7H2,1-3H3,(H,13,15,17)/p+1/t8-,9+. The summed E-state index contributed by atoms with van der Waals surface area (Å²) in [6.45, 7) is 8.31. The molecule has 106 valence electrons. The van der Waals surface area contributed by atoms with E-state index in [2.05, 4.69) is 15.5 Å². The Hall–Kier alpha value is -1.05. The van der Waals surface area contributed by atoms with Gasteiger partial charge in [-0.25, -0.2) is 0 Å². The van der Waals surface area contributed by atoms with Crippen molar-refractivity contribution in [3.05, 3.63) is 5.01 Å². The van der Waals surface area contributed by atoms with Gasteiger partial charge in [0.1, 0.15) is 30.3 Å². The van der Waals surface area contributed by atoms with Crippen LogP contribution in [-0.4, -0.2) is 47.9 Å². The lowest BCUT2D eigenvalue weighted by atomic mass is 10.2. The van der Waals surface area contributed by atoms with E-state index in [0.29, 0.717) is 11.7 Å². The second kappa shape index (κ2) is 6.40. The molecule has 19 heavy (non-hydrogen) atoms. The van der Waals surface area contributed by atoms with Gasteiger partial charge in [-0.3, -0.25) is 10.1 Å². The number of rotatable bonds is 4. The van der Waals surface area contributed by atoms with Crippen molar-refractivity contribution in [2.24, 2.45) is 0 Å². The molecule has 1 amide bonds. The second-order valence-electron chi connectivity index (χ2n) is 5.00. The zero-order valence-corrected chi connectivity index (χ0v) is 12.4. The Labute approximate surface area is 117 Å². The Bertz CT molecular complexity index is 427. The zero-order chi connectivity index (χ0) is 13.8. The van der Waals surface area contributed by atoms with Crippen LogP contribution >= 0.6 is 11.3 Å². The van der Waals surface area contributed by atoms with Crippen molar-refractivity contribution in [3.8, 4) is 0 Å². The molecule has 0 aliphatic carbocycles. The minimum Gasteiger partial charge on any atom is -0.364 e. The molecule has 2 heterocycles. The summed E-state index contributed by atoms with van der Waals surface area (Å²) in [7, 11) is 0. The van der Waals surface area contributed by atoms with Crippen LogP contribution in [0.5, 0.6) is 0 Å². The smallest absolute Gasteiger partial charge is 0.281 e. The van der Waals surface area contributed by atoms with Crippen molar-refractivity contribution in [1.29, 1.82) is 0 Å². The number of hydrogen-bond donors (Lipinski definition) is 2. The maximum atomic E-state index is 12.0. The van der Waals surface area contributed by atoms with Crippen LogP contribution in [0.15, 0.2) is 0 Å². The summed E-state index contributed by atoms with van der Waals surface area (Å²) in [5.74, 6) is -0.00453. The predicted molar refractivity (Wildman–Crippen MR) is 73.5 cm³/mol. The summed E-state index contributed by atoms with van der Waals surface area (Å²) in [5, 5.41) is 12.3. The van der Waals surface area contributed by atoms with E-state index in [1.807, 2.05) is 20.8 Å². The first kappa shape index (κ1) is 14.4. The average molecular weight is 285 g/mol. The van der Waals surface area contributed by atoms with E-state index in [4.69, 9.17) is 4.74 Å². The third kappa shape index (κ3) is 4.22. The van der Waals surface area contributed by atoms with Gasteiger partial charge in [-0.1, -0.05) is 18.3 Å². The monoisotopic (exact) mass is 285 g/mol. The molecule has 6 nitrogen and oxygen atoms in total. The third-order valence-corrected chi connectivity index (χ3v) is 4.03. The first-order valence-electron chi connectivity index (χ1n) is 6.68. The van der Waals surface area contributed by atoms with Crippen molar-refractivity contribution in [3.63, 3.8) is 0 Å². The van der Waals surface area contributed by atoms with Crippen LogP contribution in [0, 0.1) is 0 Å². The number of amides is 1. The number of nitrogens with zero attached hydrogens (tertiary/aromatic N) is 2. The summed E-state index contributed by atoms with van der Waals surface area (Å²) in [6.07, 6.45) is 1.26. The van der Waals surface area contributed by atoms with Gasteiger partial charge in [0.15, 0.2) is 6.54 Å². The number of carbonyl (C=O) groups excluding carboxylic acids is 1. The number of hydrogen-bond acceptors (Lipinski definition) is 5. The molecule has 1 aliphatic heterocycles. The van der Waals surface area contributed by atoms with E-state index in [1.54, 1.807) is 0 Å². The molecule has 0 saturated carbocycles. The molecule has 3 atom stereocenters. The molecule has 7 heteroatoms. The van der Waals surface area contributed by atoms with E-state index in [9.17, 15) is 4.79 Å². The highest BCUT2D eigenvalue weighted by Gasteiger charge is 2.27. The van der Waals surface area contributed by atoms with Crippen molar-refractivity contribution >= 4 is 22.4 Å². The highest BCUT2D eigenvalue weighted by atomic mass is 32.1.